The Bertz CT molecular complexity index is 403. The maximum Gasteiger partial charge on any atom is 0.186 e. The summed E-state index contributed by atoms with van der Waals surface area (Å²) in [4.78, 5) is 0. The van der Waals surface area contributed by atoms with Gasteiger partial charge in [0, 0.05) is 0 Å². The molecule has 1 rings (SSSR count). The van der Waals surface area contributed by atoms with Crippen molar-refractivity contribution in [2.24, 2.45) is 0 Å². The number of benzene rings is 1. The van der Waals surface area contributed by atoms with Crippen LogP contribution in [0.1, 0.15) is 25.0 Å². The lowest BCUT2D eigenvalue weighted by molar-refractivity contribution is 0.254. The van der Waals surface area contributed by atoms with Gasteiger partial charge < -0.3 is 9.16 Å². The molecule has 0 saturated heterocycles. The molecule has 1 aromatic rings. The summed E-state index contributed by atoms with van der Waals surface area (Å²) in [6, 6.07) is 9.80. The molecule has 0 aromatic heterocycles. The Hall–Kier alpha value is -1.31. The highest BCUT2D eigenvalue weighted by Gasteiger charge is 2.22. The standard InChI is InChI=1S/C14H21NO2Si/c1-5-10-16-13-8-6-12(7-9-13)14(11-15)17-18(2,3)4/h6-9,14H,5,10H2,1-4H3. The number of hydrogen-bond acceptors (Lipinski definition) is 3. The third kappa shape index (κ3) is 4.90. The molecule has 98 valence electrons. The van der Waals surface area contributed by atoms with Crippen molar-refractivity contribution < 1.29 is 9.16 Å². The number of ether oxygens (including phenoxy) is 1. The summed E-state index contributed by atoms with van der Waals surface area (Å²) in [5.41, 5.74) is 0.892. The lowest BCUT2D eigenvalue weighted by Crippen LogP contribution is -2.27. The van der Waals surface area contributed by atoms with Gasteiger partial charge in [0.25, 0.3) is 0 Å². The van der Waals surface area contributed by atoms with Gasteiger partial charge in [0.05, 0.1) is 12.7 Å². The summed E-state index contributed by atoms with van der Waals surface area (Å²) in [7, 11) is -1.71. The molecule has 3 nitrogen and oxygen atoms in total. The van der Waals surface area contributed by atoms with E-state index in [1.807, 2.05) is 24.3 Å². The van der Waals surface area contributed by atoms with Crippen molar-refractivity contribution in [3.63, 3.8) is 0 Å². The highest BCUT2D eigenvalue weighted by molar-refractivity contribution is 6.69. The van der Waals surface area contributed by atoms with Crippen LogP contribution < -0.4 is 4.74 Å². The Morgan fingerprint density at radius 3 is 2.28 bits per heavy atom. The van der Waals surface area contributed by atoms with Crippen molar-refractivity contribution >= 4 is 8.32 Å². The molecule has 0 N–H and O–H groups in total. The topological polar surface area (TPSA) is 42.2 Å². The minimum atomic E-state index is -1.71. The maximum absolute atomic E-state index is 9.17. The van der Waals surface area contributed by atoms with E-state index >= 15 is 0 Å². The summed E-state index contributed by atoms with van der Waals surface area (Å²) in [6.45, 7) is 9.02. The van der Waals surface area contributed by atoms with Crippen molar-refractivity contribution in [2.45, 2.75) is 39.1 Å². The second kappa shape index (κ2) is 6.57. The largest absolute Gasteiger partial charge is 0.494 e. The fraction of sp³-hybridized carbons (Fsp3) is 0.500. The number of rotatable bonds is 6. The van der Waals surface area contributed by atoms with E-state index in [9.17, 15) is 0 Å². The number of hydrogen-bond donors (Lipinski definition) is 0. The van der Waals surface area contributed by atoms with Gasteiger partial charge in [-0.1, -0.05) is 19.1 Å². The number of nitrogens with zero attached hydrogens (tertiary/aromatic N) is 1. The highest BCUT2D eigenvalue weighted by atomic mass is 28.4. The molecule has 1 aromatic carbocycles. The SMILES string of the molecule is CCCOc1ccc(C(C#N)O[Si](C)(C)C)cc1. The van der Waals surface area contributed by atoms with Gasteiger partial charge in [0.15, 0.2) is 14.4 Å². The lowest BCUT2D eigenvalue weighted by atomic mass is 10.1. The maximum atomic E-state index is 9.17. The van der Waals surface area contributed by atoms with Crippen molar-refractivity contribution in [3.05, 3.63) is 29.8 Å². The molecule has 0 radical (unpaired) electrons. The van der Waals surface area contributed by atoms with Crippen molar-refractivity contribution in [2.75, 3.05) is 6.61 Å². The fourth-order valence-corrected chi connectivity index (χ4v) is 2.38. The van der Waals surface area contributed by atoms with Crippen LogP contribution in [-0.4, -0.2) is 14.9 Å². The van der Waals surface area contributed by atoms with Gasteiger partial charge in [-0.2, -0.15) is 5.26 Å². The van der Waals surface area contributed by atoms with Gasteiger partial charge >= 0.3 is 0 Å². The predicted molar refractivity (Wildman–Crippen MR) is 75.0 cm³/mol. The third-order valence-corrected chi connectivity index (χ3v) is 3.19. The van der Waals surface area contributed by atoms with Crippen molar-refractivity contribution in [1.82, 2.24) is 0 Å². The molecule has 0 bridgehead atoms. The van der Waals surface area contributed by atoms with E-state index in [0.717, 1.165) is 17.7 Å². The number of nitriles is 1. The van der Waals surface area contributed by atoms with Crippen molar-refractivity contribution in [1.29, 1.82) is 5.26 Å². The summed E-state index contributed by atoms with van der Waals surface area (Å²) in [6.07, 6.45) is 0.512. The zero-order valence-electron chi connectivity index (χ0n) is 11.6. The molecule has 0 spiro atoms. The minimum absolute atomic E-state index is 0.475. The summed E-state index contributed by atoms with van der Waals surface area (Å²) in [5, 5.41) is 9.17. The molecule has 0 aliphatic heterocycles. The van der Waals surface area contributed by atoms with Crippen LogP contribution in [0.25, 0.3) is 0 Å². The highest BCUT2D eigenvalue weighted by Crippen LogP contribution is 2.23. The van der Waals surface area contributed by atoms with Crippen LogP contribution in [0.5, 0.6) is 5.75 Å². The fourth-order valence-electron chi connectivity index (χ4n) is 1.48. The van der Waals surface area contributed by atoms with Gasteiger partial charge in [-0.25, -0.2) is 0 Å². The average molecular weight is 263 g/mol. The van der Waals surface area contributed by atoms with Gasteiger partial charge in [0.2, 0.25) is 0 Å². The quantitative estimate of drug-likeness (QED) is 0.731. The second-order valence-electron chi connectivity index (χ2n) is 5.16. The van der Waals surface area contributed by atoms with E-state index in [1.165, 1.54) is 0 Å². The van der Waals surface area contributed by atoms with Gasteiger partial charge in [-0.15, -0.1) is 0 Å². The molecule has 1 unspecified atom stereocenters. The average Bonchev–Trinajstić information content (AvgIpc) is 2.33. The molecule has 1 atom stereocenters. The van der Waals surface area contributed by atoms with E-state index in [1.54, 1.807) is 0 Å². The molecule has 0 aliphatic rings. The molecule has 18 heavy (non-hydrogen) atoms. The smallest absolute Gasteiger partial charge is 0.186 e. The second-order valence-corrected chi connectivity index (χ2v) is 9.62. The van der Waals surface area contributed by atoms with Crippen LogP contribution in [0.4, 0.5) is 0 Å². The Morgan fingerprint density at radius 1 is 1.22 bits per heavy atom. The first-order valence-corrected chi connectivity index (χ1v) is 9.67. The van der Waals surface area contributed by atoms with E-state index in [0.29, 0.717) is 6.61 Å². The molecule has 0 fully saturated rings. The van der Waals surface area contributed by atoms with Crippen LogP contribution in [0.2, 0.25) is 19.6 Å². The molecule has 0 saturated carbocycles. The van der Waals surface area contributed by atoms with E-state index in [2.05, 4.69) is 32.6 Å². The van der Waals surface area contributed by atoms with Crippen molar-refractivity contribution in [3.8, 4) is 11.8 Å². The zero-order chi connectivity index (χ0) is 13.6. The van der Waals surface area contributed by atoms with Crippen LogP contribution in [0.3, 0.4) is 0 Å². The van der Waals surface area contributed by atoms with Crippen LogP contribution in [0, 0.1) is 11.3 Å². The first-order chi connectivity index (χ1) is 8.46. The van der Waals surface area contributed by atoms with Crippen LogP contribution >= 0.6 is 0 Å². The molecule has 0 aliphatic carbocycles. The van der Waals surface area contributed by atoms with E-state index < -0.39 is 14.4 Å². The summed E-state index contributed by atoms with van der Waals surface area (Å²) < 4.78 is 11.3. The molecular weight excluding hydrogens is 242 g/mol. The molecular formula is C14H21NO2Si. The van der Waals surface area contributed by atoms with Crippen LogP contribution in [0.15, 0.2) is 24.3 Å². The summed E-state index contributed by atoms with van der Waals surface area (Å²) in [5.74, 6) is 0.838. The van der Waals surface area contributed by atoms with Gasteiger partial charge in [0.1, 0.15) is 5.75 Å². The molecule has 0 amide bonds. The predicted octanol–water partition coefficient (Wildman–Crippen LogP) is 3.89. The molecule has 0 heterocycles. The minimum Gasteiger partial charge on any atom is -0.494 e. The third-order valence-electron chi connectivity index (χ3n) is 2.24. The Kier molecular flexibility index (Phi) is 5.39. The van der Waals surface area contributed by atoms with Gasteiger partial charge in [-0.05, 0) is 43.8 Å². The summed E-state index contributed by atoms with van der Waals surface area (Å²) >= 11 is 0. The molecule has 4 heteroatoms. The Labute approximate surface area is 110 Å². The first-order valence-electron chi connectivity index (χ1n) is 6.26. The van der Waals surface area contributed by atoms with Crippen LogP contribution in [-0.2, 0) is 4.43 Å². The first kappa shape index (κ1) is 14.7. The van der Waals surface area contributed by atoms with E-state index in [4.69, 9.17) is 14.4 Å². The Balaban J connectivity index is 2.73. The van der Waals surface area contributed by atoms with E-state index in [-0.39, 0.29) is 0 Å². The normalized spacial score (nSPS) is 12.8. The Morgan fingerprint density at radius 2 is 1.83 bits per heavy atom. The monoisotopic (exact) mass is 263 g/mol. The van der Waals surface area contributed by atoms with Gasteiger partial charge in [-0.3, -0.25) is 0 Å². The lowest BCUT2D eigenvalue weighted by Gasteiger charge is -2.21. The zero-order valence-corrected chi connectivity index (χ0v) is 12.6.